The van der Waals surface area contributed by atoms with Crippen molar-refractivity contribution >= 4 is 23.1 Å². The molecule has 0 aliphatic heterocycles. The summed E-state index contributed by atoms with van der Waals surface area (Å²) in [6.45, 7) is 0.119. The van der Waals surface area contributed by atoms with E-state index in [2.05, 4.69) is 10.3 Å². The maximum Gasteiger partial charge on any atom is 0.437 e. The SMILES string of the molecule is O=C(O)c1ccc2c(c1)nnn2C(=O)OCc1ccccc1. The third-order valence-electron chi connectivity index (χ3n) is 3.07. The molecule has 0 aliphatic carbocycles. The van der Waals surface area contributed by atoms with Crippen molar-refractivity contribution in [3.63, 3.8) is 0 Å². The minimum absolute atomic E-state index is 0.0807. The van der Waals surface area contributed by atoms with Crippen LogP contribution in [-0.2, 0) is 11.3 Å². The van der Waals surface area contributed by atoms with Crippen LogP contribution in [0.25, 0.3) is 11.0 Å². The fourth-order valence-electron chi connectivity index (χ4n) is 1.97. The number of carboxylic acids is 1. The van der Waals surface area contributed by atoms with E-state index in [1.54, 1.807) is 0 Å². The van der Waals surface area contributed by atoms with Crippen LogP contribution in [0, 0.1) is 0 Å². The molecule has 2 aromatic carbocycles. The Morgan fingerprint density at radius 1 is 1.14 bits per heavy atom. The van der Waals surface area contributed by atoms with E-state index in [1.807, 2.05) is 30.3 Å². The molecule has 110 valence electrons. The van der Waals surface area contributed by atoms with Crippen molar-refractivity contribution in [2.75, 3.05) is 0 Å². The number of carbonyl (C=O) groups is 2. The molecule has 0 unspecified atom stereocenters. The summed E-state index contributed by atoms with van der Waals surface area (Å²) in [6.07, 6.45) is -0.672. The molecule has 0 bridgehead atoms. The number of hydrogen-bond acceptors (Lipinski definition) is 5. The summed E-state index contributed by atoms with van der Waals surface area (Å²) in [7, 11) is 0. The van der Waals surface area contributed by atoms with Gasteiger partial charge in [0, 0.05) is 0 Å². The second-order valence-electron chi connectivity index (χ2n) is 4.55. The average Bonchev–Trinajstić information content (AvgIpc) is 2.96. The van der Waals surface area contributed by atoms with E-state index in [0.717, 1.165) is 10.2 Å². The summed E-state index contributed by atoms with van der Waals surface area (Å²) in [6, 6.07) is 13.5. The van der Waals surface area contributed by atoms with Gasteiger partial charge in [-0.3, -0.25) is 0 Å². The van der Waals surface area contributed by atoms with Gasteiger partial charge in [0.1, 0.15) is 17.6 Å². The van der Waals surface area contributed by atoms with E-state index in [0.29, 0.717) is 11.0 Å². The van der Waals surface area contributed by atoms with Crippen LogP contribution >= 0.6 is 0 Å². The topological polar surface area (TPSA) is 94.3 Å². The fraction of sp³-hybridized carbons (Fsp3) is 0.0667. The molecule has 7 nitrogen and oxygen atoms in total. The first-order valence-corrected chi connectivity index (χ1v) is 6.45. The van der Waals surface area contributed by atoms with Crippen LogP contribution in [0.3, 0.4) is 0 Å². The van der Waals surface area contributed by atoms with Crippen molar-refractivity contribution in [2.45, 2.75) is 6.61 Å². The quantitative estimate of drug-likeness (QED) is 0.797. The molecule has 0 saturated heterocycles. The predicted octanol–water partition coefficient (Wildman–Crippen LogP) is 2.31. The van der Waals surface area contributed by atoms with E-state index >= 15 is 0 Å². The number of benzene rings is 2. The highest BCUT2D eigenvalue weighted by Crippen LogP contribution is 2.14. The van der Waals surface area contributed by atoms with Crippen LogP contribution in [-0.4, -0.2) is 32.2 Å². The summed E-state index contributed by atoms with van der Waals surface area (Å²) in [5.41, 5.74) is 1.64. The van der Waals surface area contributed by atoms with Gasteiger partial charge in [-0.05, 0) is 23.8 Å². The Labute approximate surface area is 124 Å². The van der Waals surface area contributed by atoms with E-state index in [4.69, 9.17) is 9.84 Å². The number of hydrogen-bond donors (Lipinski definition) is 1. The van der Waals surface area contributed by atoms with Crippen molar-refractivity contribution in [1.82, 2.24) is 15.0 Å². The van der Waals surface area contributed by atoms with Crippen LogP contribution in [0.15, 0.2) is 48.5 Å². The lowest BCUT2D eigenvalue weighted by molar-refractivity contribution is 0.0697. The minimum atomic E-state index is -1.07. The second-order valence-corrected chi connectivity index (χ2v) is 4.55. The van der Waals surface area contributed by atoms with Crippen molar-refractivity contribution in [3.05, 3.63) is 59.7 Å². The Kier molecular flexibility index (Phi) is 3.53. The Hall–Kier alpha value is -3.22. The molecule has 22 heavy (non-hydrogen) atoms. The lowest BCUT2D eigenvalue weighted by Gasteiger charge is -2.04. The van der Waals surface area contributed by atoms with Crippen LogP contribution < -0.4 is 0 Å². The predicted molar refractivity (Wildman–Crippen MR) is 76.5 cm³/mol. The number of aromatic carboxylic acids is 1. The number of ether oxygens (including phenoxy) is 1. The first-order chi connectivity index (χ1) is 10.6. The molecule has 0 aliphatic rings. The molecular formula is C15H11N3O4. The van der Waals surface area contributed by atoms with Gasteiger partial charge in [-0.2, -0.15) is 0 Å². The second kappa shape index (κ2) is 5.65. The monoisotopic (exact) mass is 297 g/mol. The number of nitrogens with zero attached hydrogens (tertiary/aromatic N) is 3. The van der Waals surface area contributed by atoms with Gasteiger partial charge in [-0.25, -0.2) is 9.59 Å². The summed E-state index contributed by atoms with van der Waals surface area (Å²) >= 11 is 0. The van der Waals surface area contributed by atoms with Crippen LogP contribution in [0.4, 0.5) is 4.79 Å². The zero-order valence-corrected chi connectivity index (χ0v) is 11.3. The molecule has 3 rings (SSSR count). The van der Waals surface area contributed by atoms with Crippen LogP contribution in [0.2, 0.25) is 0 Å². The van der Waals surface area contributed by atoms with Gasteiger partial charge in [0.25, 0.3) is 0 Å². The molecule has 0 spiro atoms. The summed E-state index contributed by atoms with van der Waals surface area (Å²) in [5, 5.41) is 16.4. The first-order valence-electron chi connectivity index (χ1n) is 6.45. The zero-order chi connectivity index (χ0) is 15.5. The van der Waals surface area contributed by atoms with Gasteiger partial charge >= 0.3 is 12.1 Å². The van der Waals surface area contributed by atoms with Gasteiger partial charge in [-0.15, -0.1) is 9.78 Å². The number of fused-ring (bicyclic) bond motifs is 1. The summed E-state index contributed by atoms with van der Waals surface area (Å²) < 4.78 is 6.17. The number of carboxylic acid groups (broad SMARTS) is 1. The Bertz CT molecular complexity index is 842. The van der Waals surface area contributed by atoms with E-state index in [9.17, 15) is 9.59 Å². The largest absolute Gasteiger partial charge is 0.478 e. The van der Waals surface area contributed by atoms with Gasteiger partial charge in [0.15, 0.2) is 0 Å². The first kappa shape index (κ1) is 13.7. The van der Waals surface area contributed by atoms with Gasteiger partial charge in [0.2, 0.25) is 0 Å². The highest BCUT2D eigenvalue weighted by molar-refractivity contribution is 5.93. The van der Waals surface area contributed by atoms with Crippen LogP contribution in [0.1, 0.15) is 15.9 Å². The zero-order valence-electron chi connectivity index (χ0n) is 11.3. The molecule has 0 atom stereocenters. The molecule has 0 fully saturated rings. The van der Waals surface area contributed by atoms with Crippen LogP contribution in [0.5, 0.6) is 0 Å². The summed E-state index contributed by atoms with van der Waals surface area (Å²) in [5.74, 6) is -1.07. The Balaban J connectivity index is 1.81. The summed E-state index contributed by atoms with van der Waals surface area (Å²) in [4.78, 5) is 22.9. The molecule has 0 radical (unpaired) electrons. The Morgan fingerprint density at radius 3 is 2.64 bits per heavy atom. The number of carbonyl (C=O) groups excluding carboxylic acids is 1. The lowest BCUT2D eigenvalue weighted by Crippen LogP contribution is -2.15. The average molecular weight is 297 g/mol. The number of rotatable bonds is 3. The number of aromatic nitrogens is 3. The molecule has 1 heterocycles. The van der Waals surface area contributed by atoms with Gasteiger partial charge in [-0.1, -0.05) is 35.5 Å². The maximum atomic E-state index is 12.0. The van der Waals surface area contributed by atoms with Gasteiger partial charge < -0.3 is 9.84 Å². The standard InChI is InChI=1S/C15H11N3O4/c19-14(20)11-6-7-13-12(8-11)16-17-18(13)15(21)22-9-10-4-2-1-3-5-10/h1-8H,9H2,(H,19,20). The fourth-order valence-corrected chi connectivity index (χ4v) is 1.97. The third-order valence-corrected chi connectivity index (χ3v) is 3.07. The van der Waals surface area contributed by atoms with E-state index < -0.39 is 12.1 Å². The molecule has 1 N–H and O–H groups in total. The minimum Gasteiger partial charge on any atom is -0.478 e. The third kappa shape index (κ3) is 2.64. The molecule has 0 saturated carbocycles. The smallest absolute Gasteiger partial charge is 0.437 e. The lowest BCUT2D eigenvalue weighted by atomic mass is 10.2. The van der Waals surface area contributed by atoms with E-state index in [1.165, 1.54) is 18.2 Å². The molecule has 7 heteroatoms. The Morgan fingerprint density at radius 2 is 1.91 bits per heavy atom. The molecule has 3 aromatic rings. The molecule has 0 amide bonds. The highest BCUT2D eigenvalue weighted by Gasteiger charge is 2.15. The highest BCUT2D eigenvalue weighted by atomic mass is 16.6. The molecular weight excluding hydrogens is 286 g/mol. The normalized spacial score (nSPS) is 10.5. The van der Waals surface area contributed by atoms with Gasteiger partial charge in [0.05, 0.1) is 5.56 Å². The van der Waals surface area contributed by atoms with E-state index in [-0.39, 0.29) is 12.2 Å². The maximum absolute atomic E-state index is 12.0. The van der Waals surface area contributed by atoms with Crippen molar-refractivity contribution in [3.8, 4) is 0 Å². The van der Waals surface area contributed by atoms with Crippen molar-refractivity contribution in [1.29, 1.82) is 0 Å². The van der Waals surface area contributed by atoms with Crippen molar-refractivity contribution in [2.24, 2.45) is 0 Å². The van der Waals surface area contributed by atoms with Crippen molar-refractivity contribution < 1.29 is 19.4 Å². The molecule has 1 aromatic heterocycles.